The van der Waals surface area contributed by atoms with Crippen LogP contribution in [-0.2, 0) is 24.5 Å². The highest BCUT2D eigenvalue weighted by Gasteiger charge is 2.18. The minimum Gasteiger partial charge on any atom is -0.497 e. The fraction of sp³-hybridized carbons (Fsp3) is 0.241. The zero-order valence-corrected chi connectivity index (χ0v) is 21.7. The third-order valence-corrected chi connectivity index (χ3v) is 6.12. The molecule has 0 radical (unpaired) electrons. The van der Waals surface area contributed by atoms with E-state index in [0.717, 1.165) is 39.4 Å². The molecule has 7 heteroatoms. The second-order valence-corrected chi connectivity index (χ2v) is 8.74. The van der Waals surface area contributed by atoms with Crippen molar-refractivity contribution in [1.82, 2.24) is 4.57 Å². The summed E-state index contributed by atoms with van der Waals surface area (Å²) >= 11 is 12.0. The molecule has 36 heavy (non-hydrogen) atoms. The fourth-order valence-corrected chi connectivity index (χ4v) is 4.06. The maximum absolute atomic E-state index is 6.14. The number of hydrogen-bond donors (Lipinski definition) is 0. The van der Waals surface area contributed by atoms with Gasteiger partial charge in [0, 0.05) is 33.1 Å². The summed E-state index contributed by atoms with van der Waals surface area (Å²) in [6.07, 6.45) is 0. The van der Waals surface area contributed by atoms with Gasteiger partial charge >= 0.3 is 0 Å². The van der Waals surface area contributed by atoms with Crippen molar-refractivity contribution in [3.8, 4) is 29.1 Å². The third kappa shape index (κ3) is 6.47. The Morgan fingerprint density at radius 2 is 1.42 bits per heavy atom. The van der Waals surface area contributed by atoms with Crippen LogP contribution in [-0.4, -0.2) is 24.9 Å². The number of methoxy groups -OCH3 is 1. The number of rotatable bonds is 10. The first-order chi connectivity index (χ1) is 17.6. The summed E-state index contributed by atoms with van der Waals surface area (Å²) in [7, 11) is 1.66. The van der Waals surface area contributed by atoms with Gasteiger partial charge in [-0.05, 0) is 73.7 Å². The SMILES string of the molecule is CCOCc1c(COc2ccc(Cl)cc2)n(CC#CCOc2ccc(Cl)cc2)c2ccc(OC)cc12. The van der Waals surface area contributed by atoms with E-state index in [0.29, 0.717) is 36.4 Å². The smallest absolute Gasteiger partial charge is 0.149 e. The molecule has 4 rings (SSSR count). The van der Waals surface area contributed by atoms with Crippen molar-refractivity contribution in [1.29, 1.82) is 0 Å². The summed E-state index contributed by atoms with van der Waals surface area (Å²) in [5, 5.41) is 2.38. The van der Waals surface area contributed by atoms with Crippen LogP contribution in [0.3, 0.4) is 0 Å². The van der Waals surface area contributed by atoms with Crippen molar-refractivity contribution < 1.29 is 18.9 Å². The Labute approximate surface area is 221 Å². The Morgan fingerprint density at radius 3 is 2.06 bits per heavy atom. The Hall–Kier alpha value is -3.30. The molecule has 5 nitrogen and oxygen atoms in total. The molecule has 0 saturated heterocycles. The van der Waals surface area contributed by atoms with E-state index in [2.05, 4.69) is 16.4 Å². The highest BCUT2D eigenvalue weighted by atomic mass is 35.5. The number of benzene rings is 3. The van der Waals surface area contributed by atoms with Gasteiger partial charge in [0.2, 0.25) is 0 Å². The lowest BCUT2D eigenvalue weighted by Crippen LogP contribution is -2.08. The molecule has 0 aliphatic carbocycles. The molecule has 186 valence electrons. The predicted molar refractivity (Wildman–Crippen MR) is 144 cm³/mol. The van der Waals surface area contributed by atoms with E-state index in [-0.39, 0.29) is 6.61 Å². The summed E-state index contributed by atoms with van der Waals surface area (Å²) in [5.74, 6) is 8.59. The molecular weight excluding hydrogens is 497 g/mol. The number of halogens is 2. The van der Waals surface area contributed by atoms with E-state index >= 15 is 0 Å². The van der Waals surface area contributed by atoms with Crippen LogP contribution in [0.4, 0.5) is 0 Å². The average Bonchev–Trinajstić information content (AvgIpc) is 3.19. The van der Waals surface area contributed by atoms with Crippen molar-refractivity contribution in [2.24, 2.45) is 0 Å². The maximum atomic E-state index is 6.14. The van der Waals surface area contributed by atoms with Gasteiger partial charge in [-0.15, -0.1) is 0 Å². The van der Waals surface area contributed by atoms with Gasteiger partial charge in [-0.1, -0.05) is 35.0 Å². The van der Waals surface area contributed by atoms with Gasteiger partial charge in [0.05, 0.1) is 26.0 Å². The molecule has 0 saturated carbocycles. The van der Waals surface area contributed by atoms with Crippen LogP contribution < -0.4 is 14.2 Å². The zero-order chi connectivity index (χ0) is 25.3. The first-order valence-electron chi connectivity index (χ1n) is 11.6. The number of hydrogen-bond acceptors (Lipinski definition) is 4. The molecule has 0 atom stereocenters. The van der Waals surface area contributed by atoms with E-state index in [9.17, 15) is 0 Å². The summed E-state index contributed by atoms with van der Waals surface area (Å²) < 4.78 is 25.3. The standard InChI is InChI=1S/C29H27Cl2NO4/c1-3-34-19-27-26-18-25(33-2)14-15-28(26)32(29(27)20-36-24-12-8-22(31)9-13-24)16-4-5-17-35-23-10-6-21(30)7-11-23/h6-15,18H,3,16-17,19-20H2,1-2H3. The van der Waals surface area contributed by atoms with Crippen molar-refractivity contribution >= 4 is 34.1 Å². The molecule has 0 aliphatic heterocycles. The molecule has 0 bridgehead atoms. The summed E-state index contributed by atoms with van der Waals surface area (Å²) in [6.45, 7) is 4.14. The molecule has 0 N–H and O–H groups in total. The molecule has 0 spiro atoms. The molecule has 0 fully saturated rings. The maximum Gasteiger partial charge on any atom is 0.149 e. The second-order valence-electron chi connectivity index (χ2n) is 7.87. The number of aromatic nitrogens is 1. The molecule has 1 aromatic heterocycles. The highest BCUT2D eigenvalue weighted by molar-refractivity contribution is 6.30. The molecule has 0 unspecified atom stereocenters. The largest absolute Gasteiger partial charge is 0.497 e. The molecule has 1 heterocycles. The van der Waals surface area contributed by atoms with Gasteiger partial charge in [0.15, 0.2) is 0 Å². The molecule has 4 aromatic rings. The van der Waals surface area contributed by atoms with E-state index in [1.807, 2.05) is 61.5 Å². The zero-order valence-electron chi connectivity index (χ0n) is 20.2. The molecular formula is C29H27Cl2NO4. The second kappa shape index (κ2) is 12.6. The van der Waals surface area contributed by atoms with Gasteiger partial charge in [-0.2, -0.15) is 0 Å². The molecule has 0 amide bonds. The van der Waals surface area contributed by atoms with Crippen LogP contribution in [0, 0.1) is 11.8 Å². The summed E-state index contributed by atoms with van der Waals surface area (Å²) in [5.41, 5.74) is 3.08. The number of nitrogens with zero attached hydrogens (tertiary/aromatic N) is 1. The van der Waals surface area contributed by atoms with Crippen LogP contribution in [0.25, 0.3) is 10.9 Å². The quantitative estimate of drug-likeness (QED) is 0.207. The lowest BCUT2D eigenvalue weighted by atomic mass is 10.1. The Balaban J connectivity index is 1.62. The van der Waals surface area contributed by atoms with Gasteiger partial charge < -0.3 is 23.5 Å². The molecule has 3 aromatic carbocycles. The van der Waals surface area contributed by atoms with Crippen LogP contribution in [0.15, 0.2) is 66.7 Å². The van der Waals surface area contributed by atoms with Gasteiger partial charge in [0.25, 0.3) is 0 Å². The van der Waals surface area contributed by atoms with E-state index in [1.54, 1.807) is 19.2 Å². The van der Waals surface area contributed by atoms with Crippen molar-refractivity contribution in [2.45, 2.75) is 26.7 Å². The first-order valence-corrected chi connectivity index (χ1v) is 12.3. The Morgan fingerprint density at radius 1 is 0.778 bits per heavy atom. The van der Waals surface area contributed by atoms with Gasteiger partial charge in [-0.3, -0.25) is 0 Å². The monoisotopic (exact) mass is 523 g/mol. The van der Waals surface area contributed by atoms with Gasteiger partial charge in [-0.25, -0.2) is 0 Å². The average molecular weight is 524 g/mol. The van der Waals surface area contributed by atoms with Gasteiger partial charge in [0.1, 0.15) is 30.5 Å². The minimum absolute atomic E-state index is 0.275. The number of ether oxygens (including phenoxy) is 4. The summed E-state index contributed by atoms with van der Waals surface area (Å²) in [4.78, 5) is 0. The van der Waals surface area contributed by atoms with Crippen LogP contribution in [0.1, 0.15) is 18.2 Å². The van der Waals surface area contributed by atoms with Crippen LogP contribution in [0.5, 0.6) is 17.2 Å². The Bertz CT molecular complexity index is 1350. The summed E-state index contributed by atoms with van der Waals surface area (Å²) in [6, 6.07) is 20.6. The third-order valence-electron chi connectivity index (χ3n) is 5.62. The van der Waals surface area contributed by atoms with Crippen LogP contribution in [0.2, 0.25) is 10.0 Å². The molecule has 0 aliphatic rings. The highest BCUT2D eigenvalue weighted by Crippen LogP contribution is 2.31. The normalized spacial score (nSPS) is 10.7. The van der Waals surface area contributed by atoms with Crippen molar-refractivity contribution in [2.75, 3.05) is 20.3 Å². The van der Waals surface area contributed by atoms with E-state index in [1.165, 1.54) is 0 Å². The van der Waals surface area contributed by atoms with E-state index < -0.39 is 0 Å². The Kier molecular flexibility index (Phi) is 9.02. The van der Waals surface area contributed by atoms with E-state index in [4.69, 9.17) is 42.1 Å². The lowest BCUT2D eigenvalue weighted by molar-refractivity contribution is 0.133. The van der Waals surface area contributed by atoms with Crippen molar-refractivity contribution in [3.63, 3.8) is 0 Å². The topological polar surface area (TPSA) is 41.9 Å². The first kappa shape index (κ1) is 25.8. The fourth-order valence-electron chi connectivity index (χ4n) is 3.81. The van der Waals surface area contributed by atoms with Crippen LogP contribution >= 0.6 is 23.2 Å². The minimum atomic E-state index is 0.275. The van der Waals surface area contributed by atoms with Crippen molar-refractivity contribution in [3.05, 3.63) is 88.0 Å². The predicted octanol–water partition coefficient (Wildman–Crippen LogP) is 7.15. The number of fused-ring (bicyclic) bond motifs is 1. The lowest BCUT2D eigenvalue weighted by Gasteiger charge is -2.12.